The van der Waals surface area contributed by atoms with Crippen molar-refractivity contribution in [2.24, 2.45) is 0 Å². The molecule has 1 aliphatic heterocycles. The number of hydrogen-bond acceptors (Lipinski definition) is 3. The highest BCUT2D eigenvalue weighted by atomic mass is 35.5. The van der Waals surface area contributed by atoms with Gasteiger partial charge in [-0.1, -0.05) is 41.9 Å². The van der Waals surface area contributed by atoms with Crippen molar-refractivity contribution < 1.29 is 14.3 Å². The van der Waals surface area contributed by atoms with Crippen LogP contribution in [-0.2, 0) is 9.59 Å². The zero-order chi connectivity index (χ0) is 20.2. The summed E-state index contributed by atoms with van der Waals surface area (Å²) in [4.78, 5) is 24.2. The van der Waals surface area contributed by atoms with Crippen LogP contribution in [0.25, 0.3) is 11.6 Å². The third kappa shape index (κ3) is 4.47. The number of carbonyl (C=O) groups excluding carboxylic acids is 2. The molecule has 1 aliphatic rings. The van der Waals surface area contributed by atoms with Crippen molar-refractivity contribution in [3.63, 3.8) is 0 Å². The largest absolute Gasteiger partial charge is 0.484 e. The Morgan fingerprint density at radius 3 is 2.55 bits per heavy atom. The summed E-state index contributed by atoms with van der Waals surface area (Å²) in [7, 11) is 0. The minimum atomic E-state index is -0.237. The molecular weight excluding hydrogens is 388 g/mol. The molecule has 144 valence electrons. The molecule has 0 aromatic heterocycles. The molecular formula is C23H17ClN2O3. The summed E-state index contributed by atoms with van der Waals surface area (Å²) in [5, 5.41) is 6.16. The Morgan fingerprint density at radius 2 is 1.79 bits per heavy atom. The maximum Gasteiger partial charge on any atom is 0.262 e. The number of anilines is 2. The smallest absolute Gasteiger partial charge is 0.262 e. The molecule has 0 radical (unpaired) electrons. The molecule has 29 heavy (non-hydrogen) atoms. The molecule has 0 fully saturated rings. The Hall–Kier alpha value is -3.57. The van der Waals surface area contributed by atoms with Crippen LogP contribution >= 0.6 is 11.6 Å². The highest BCUT2D eigenvalue weighted by Gasteiger charge is 2.24. The fourth-order valence-corrected chi connectivity index (χ4v) is 3.17. The predicted molar refractivity (Wildman–Crippen MR) is 115 cm³/mol. The van der Waals surface area contributed by atoms with Gasteiger partial charge in [0.15, 0.2) is 6.61 Å². The average Bonchev–Trinajstić information content (AvgIpc) is 3.03. The molecule has 6 heteroatoms. The van der Waals surface area contributed by atoms with Gasteiger partial charge >= 0.3 is 0 Å². The van der Waals surface area contributed by atoms with E-state index in [-0.39, 0.29) is 18.4 Å². The number of hydrogen-bond donors (Lipinski definition) is 2. The van der Waals surface area contributed by atoms with Gasteiger partial charge in [-0.25, -0.2) is 0 Å². The van der Waals surface area contributed by atoms with Gasteiger partial charge in [-0.05, 0) is 54.1 Å². The van der Waals surface area contributed by atoms with Crippen molar-refractivity contribution in [1.82, 2.24) is 0 Å². The number of fused-ring (bicyclic) bond motifs is 1. The second-order valence-corrected chi connectivity index (χ2v) is 6.91. The molecule has 0 saturated heterocycles. The normalized spacial score (nSPS) is 13.7. The number of ether oxygens (including phenoxy) is 1. The van der Waals surface area contributed by atoms with Crippen LogP contribution in [0.3, 0.4) is 0 Å². The maximum atomic E-state index is 12.2. The van der Waals surface area contributed by atoms with Crippen molar-refractivity contribution in [2.75, 3.05) is 17.2 Å². The molecule has 1 heterocycles. The van der Waals surface area contributed by atoms with Gasteiger partial charge < -0.3 is 15.4 Å². The van der Waals surface area contributed by atoms with E-state index in [0.29, 0.717) is 16.3 Å². The zero-order valence-corrected chi connectivity index (χ0v) is 16.1. The van der Waals surface area contributed by atoms with Crippen molar-refractivity contribution in [3.8, 4) is 5.75 Å². The number of halogens is 1. The standard InChI is InChI=1S/C23H17ClN2O3/c24-16-8-11-21-19(13-16)20(23(28)26-21)12-15-6-9-18(10-7-15)29-14-22(27)25-17-4-2-1-3-5-17/h1-13H,14H2,(H,25,27)(H,26,28)/b20-12-. The first-order chi connectivity index (χ1) is 14.1. The average molecular weight is 405 g/mol. The van der Waals surface area contributed by atoms with Crippen LogP contribution in [-0.4, -0.2) is 18.4 Å². The van der Waals surface area contributed by atoms with Gasteiger partial charge in [-0.3, -0.25) is 9.59 Å². The second-order valence-electron chi connectivity index (χ2n) is 6.47. The fourth-order valence-electron chi connectivity index (χ4n) is 3.00. The number of nitrogens with one attached hydrogen (secondary N) is 2. The number of carbonyl (C=O) groups is 2. The summed E-state index contributed by atoms with van der Waals surface area (Å²) in [6, 6.07) is 21.7. The third-order valence-corrected chi connectivity index (χ3v) is 4.62. The topological polar surface area (TPSA) is 67.4 Å². The molecule has 4 rings (SSSR count). The van der Waals surface area contributed by atoms with E-state index in [1.807, 2.05) is 42.5 Å². The Balaban J connectivity index is 1.41. The molecule has 0 aliphatic carbocycles. The van der Waals surface area contributed by atoms with Crippen molar-refractivity contribution >= 4 is 46.4 Å². The molecule has 2 amide bonds. The van der Waals surface area contributed by atoms with Crippen LogP contribution in [0, 0.1) is 0 Å². The van der Waals surface area contributed by atoms with Crippen molar-refractivity contribution in [1.29, 1.82) is 0 Å². The summed E-state index contributed by atoms with van der Waals surface area (Å²) in [5.41, 5.74) is 3.64. The van der Waals surface area contributed by atoms with Gasteiger partial charge in [0, 0.05) is 27.5 Å². The minimum Gasteiger partial charge on any atom is -0.484 e. The van der Waals surface area contributed by atoms with E-state index >= 15 is 0 Å². The summed E-state index contributed by atoms with van der Waals surface area (Å²) in [6.07, 6.45) is 1.80. The van der Waals surface area contributed by atoms with Crippen molar-refractivity contribution in [2.45, 2.75) is 0 Å². The molecule has 0 spiro atoms. The van der Waals surface area contributed by atoms with E-state index < -0.39 is 0 Å². The van der Waals surface area contributed by atoms with Gasteiger partial charge in [0.2, 0.25) is 0 Å². The lowest BCUT2D eigenvalue weighted by atomic mass is 10.0. The monoisotopic (exact) mass is 404 g/mol. The Kier molecular flexibility index (Phi) is 5.31. The number of rotatable bonds is 5. The molecule has 5 nitrogen and oxygen atoms in total. The summed E-state index contributed by atoms with van der Waals surface area (Å²) in [5.74, 6) is 0.161. The van der Waals surface area contributed by atoms with Crippen molar-refractivity contribution in [3.05, 3.63) is 88.9 Å². The van der Waals surface area contributed by atoms with Crippen LogP contribution in [0.15, 0.2) is 72.8 Å². The van der Waals surface area contributed by atoms with Gasteiger partial charge in [-0.15, -0.1) is 0 Å². The van der Waals surface area contributed by atoms with E-state index in [1.165, 1.54) is 0 Å². The van der Waals surface area contributed by atoms with Gasteiger partial charge in [0.05, 0.1) is 0 Å². The number of para-hydroxylation sites is 1. The van der Waals surface area contributed by atoms with Crippen LogP contribution < -0.4 is 15.4 Å². The molecule has 2 N–H and O–H groups in total. The molecule has 0 saturated carbocycles. The zero-order valence-electron chi connectivity index (χ0n) is 15.3. The van der Waals surface area contributed by atoms with E-state index in [2.05, 4.69) is 10.6 Å². The quantitative estimate of drug-likeness (QED) is 0.597. The SMILES string of the molecule is O=C(COc1ccc(/C=C2\C(=O)Nc3ccc(Cl)cc32)cc1)Nc1ccccc1. The first-order valence-corrected chi connectivity index (χ1v) is 9.37. The first kappa shape index (κ1) is 18.8. The van der Waals surface area contributed by atoms with Crippen LogP contribution in [0.2, 0.25) is 5.02 Å². The lowest BCUT2D eigenvalue weighted by molar-refractivity contribution is -0.118. The van der Waals surface area contributed by atoms with Gasteiger partial charge in [-0.2, -0.15) is 0 Å². The van der Waals surface area contributed by atoms with Gasteiger partial charge in [0.25, 0.3) is 11.8 Å². The fraction of sp³-hybridized carbons (Fsp3) is 0.0435. The number of benzene rings is 3. The lowest BCUT2D eigenvalue weighted by Gasteiger charge is -2.08. The van der Waals surface area contributed by atoms with Gasteiger partial charge in [0.1, 0.15) is 5.75 Å². The predicted octanol–water partition coefficient (Wildman–Crippen LogP) is 4.85. The van der Waals surface area contributed by atoms with E-state index in [9.17, 15) is 9.59 Å². The summed E-state index contributed by atoms with van der Waals surface area (Å²) in [6.45, 7) is -0.0936. The molecule has 3 aromatic rings. The lowest BCUT2D eigenvalue weighted by Crippen LogP contribution is -2.20. The Bertz CT molecular complexity index is 1090. The Labute approximate surface area is 173 Å². The molecule has 0 bridgehead atoms. The highest BCUT2D eigenvalue weighted by Crippen LogP contribution is 2.35. The maximum absolute atomic E-state index is 12.2. The van der Waals surface area contributed by atoms with E-state index in [0.717, 1.165) is 22.5 Å². The number of amides is 2. The van der Waals surface area contributed by atoms with Crippen LogP contribution in [0.4, 0.5) is 11.4 Å². The molecule has 0 atom stereocenters. The molecule has 0 unspecified atom stereocenters. The van der Waals surface area contributed by atoms with Crippen LogP contribution in [0.5, 0.6) is 5.75 Å². The molecule has 3 aromatic carbocycles. The third-order valence-electron chi connectivity index (χ3n) is 4.38. The minimum absolute atomic E-state index is 0.0936. The second kappa shape index (κ2) is 8.20. The van der Waals surface area contributed by atoms with E-state index in [1.54, 1.807) is 36.4 Å². The highest BCUT2D eigenvalue weighted by molar-refractivity contribution is 6.36. The van der Waals surface area contributed by atoms with Crippen LogP contribution in [0.1, 0.15) is 11.1 Å². The van der Waals surface area contributed by atoms with E-state index in [4.69, 9.17) is 16.3 Å². The first-order valence-electron chi connectivity index (χ1n) is 8.99. The summed E-state index contributed by atoms with van der Waals surface area (Å²) >= 11 is 6.06. The summed E-state index contributed by atoms with van der Waals surface area (Å²) < 4.78 is 5.53. The Morgan fingerprint density at radius 1 is 1.03 bits per heavy atom.